The third-order valence-electron chi connectivity index (χ3n) is 3.45. The maximum absolute atomic E-state index is 12.1. The lowest BCUT2D eigenvalue weighted by molar-refractivity contribution is 0.0496. The van der Waals surface area contributed by atoms with Crippen molar-refractivity contribution in [2.75, 3.05) is 13.7 Å². The van der Waals surface area contributed by atoms with Gasteiger partial charge in [0, 0.05) is 16.9 Å². The topological polar surface area (TPSA) is 79.1 Å². The van der Waals surface area contributed by atoms with E-state index in [1.54, 1.807) is 7.11 Å². The second-order valence-electron chi connectivity index (χ2n) is 5.32. The first-order chi connectivity index (χ1) is 12.2. The van der Waals surface area contributed by atoms with Crippen LogP contribution in [0.4, 0.5) is 0 Å². The van der Waals surface area contributed by atoms with Crippen molar-refractivity contribution in [2.24, 2.45) is 0 Å². The fourth-order valence-electron chi connectivity index (χ4n) is 2.26. The highest BCUT2D eigenvalue weighted by Crippen LogP contribution is 2.29. The molecule has 0 bridgehead atoms. The molecule has 0 radical (unpaired) electrons. The van der Waals surface area contributed by atoms with Crippen LogP contribution < -0.4 is 4.74 Å². The van der Waals surface area contributed by atoms with Crippen molar-refractivity contribution < 1.29 is 14.3 Å². The van der Waals surface area contributed by atoms with Gasteiger partial charge < -0.3 is 9.47 Å². The summed E-state index contributed by atoms with van der Waals surface area (Å²) in [6, 6.07) is 11.5. The summed E-state index contributed by atoms with van der Waals surface area (Å²) in [5, 5.41) is 12.4. The number of ether oxygens (including phenoxy) is 2. The minimum atomic E-state index is -0.369. The van der Waals surface area contributed by atoms with Gasteiger partial charge in [0.15, 0.2) is 4.88 Å². The van der Waals surface area contributed by atoms with E-state index in [2.05, 4.69) is 15.4 Å². The Hall–Kier alpha value is -2.74. The molecule has 8 heteroatoms. The van der Waals surface area contributed by atoms with Crippen molar-refractivity contribution in [1.82, 2.24) is 20.2 Å². The Morgan fingerprint density at radius 1 is 1.28 bits per heavy atom. The van der Waals surface area contributed by atoms with Crippen molar-refractivity contribution in [3.63, 3.8) is 0 Å². The van der Waals surface area contributed by atoms with Crippen LogP contribution in [0.3, 0.4) is 0 Å². The largest absolute Gasteiger partial charge is 0.495 e. The number of thiophene rings is 1. The molecule has 0 amide bonds. The molecule has 0 unspecified atom stereocenters. The predicted octanol–water partition coefficient (Wildman–Crippen LogP) is 2.97. The van der Waals surface area contributed by atoms with Crippen LogP contribution in [-0.2, 0) is 11.3 Å². The third kappa shape index (κ3) is 4.21. The highest BCUT2D eigenvalue weighted by Gasteiger charge is 2.17. The fraction of sp³-hybridized carbons (Fsp3) is 0.294. The average molecular weight is 358 g/mol. The Balaban J connectivity index is 1.49. The molecule has 0 saturated carbocycles. The summed E-state index contributed by atoms with van der Waals surface area (Å²) in [4.78, 5) is 15.1. The molecule has 130 valence electrons. The molecule has 0 fully saturated rings. The first-order valence-electron chi connectivity index (χ1n) is 7.82. The van der Waals surface area contributed by atoms with E-state index in [9.17, 15) is 4.79 Å². The number of esters is 1. The standard InChI is InChI=1S/C17H18N4O3S/c1-12-11-14(23-2)15(25-12)17(22)24-10-6-9-21-19-16(18-20-21)13-7-4-3-5-8-13/h3-5,7-8,11H,6,9-10H2,1-2H3. The van der Waals surface area contributed by atoms with Gasteiger partial charge >= 0.3 is 5.97 Å². The fourth-order valence-corrected chi connectivity index (χ4v) is 3.13. The SMILES string of the molecule is COc1cc(C)sc1C(=O)OCCCn1nnc(-c2ccccc2)n1. The van der Waals surface area contributed by atoms with Crippen molar-refractivity contribution in [2.45, 2.75) is 19.9 Å². The quantitative estimate of drug-likeness (QED) is 0.477. The molecule has 0 spiro atoms. The molecule has 0 saturated heterocycles. The molecule has 3 aromatic rings. The lowest BCUT2D eigenvalue weighted by atomic mass is 10.2. The lowest BCUT2D eigenvalue weighted by Gasteiger charge is -2.04. The van der Waals surface area contributed by atoms with E-state index in [0.29, 0.717) is 29.4 Å². The van der Waals surface area contributed by atoms with Gasteiger partial charge in [-0.25, -0.2) is 4.79 Å². The maximum atomic E-state index is 12.1. The lowest BCUT2D eigenvalue weighted by Crippen LogP contribution is -2.10. The molecule has 7 nitrogen and oxygen atoms in total. The van der Waals surface area contributed by atoms with Crippen molar-refractivity contribution in [3.05, 3.63) is 46.2 Å². The van der Waals surface area contributed by atoms with Crippen LogP contribution in [0.5, 0.6) is 5.75 Å². The summed E-state index contributed by atoms with van der Waals surface area (Å²) in [7, 11) is 1.54. The summed E-state index contributed by atoms with van der Waals surface area (Å²) in [5.41, 5.74) is 0.917. The maximum Gasteiger partial charge on any atom is 0.352 e. The van der Waals surface area contributed by atoms with Gasteiger partial charge in [-0.3, -0.25) is 0 Å². The molecule has 2 heterocycles. The van der Waals surface area contributed by atoms with E-state index in [-0.39, 0.29) is 12.6 Å². The van der Waals surface area contributed by atoms with Crippen LogP contribution >= 0.6 is 11.3 Å². The predicted molar refractivity (Wildman–Crippen MR) is 93.8 cm³/mol. The van der Waals surface area contributed by atoms with Gasteiger partial charge in [-0.05, 0) is 18.2 Å². The number of carbonyl (C=O) groups excluding carboxylic acids is 1. The van der Waals surface area contributed by atoms with E-state index in [4.69, 9.17) is 9.47 Å². The molecule has 25 heavy (non-hydrogen) atoms. The number of tetrazole rings is 1. The Labute approximate surface area is 149 Å². The summed E-state index contributed by atoms with van der Waals surface area (Å²) < 4.78 is 10.5. The molecule has 3 rings (SSSR count). The number of hydrogen-bond donors (Lipinski definition) is 0. The minimum absolute atomic E-state index is 0.279. The zero-order valence-corrected chi connectivity index (χ0v) is 14.8. The van der Waals surface area contributed by atoms with Gasteiger partial charge in [0.2, 0.25) is 5.82 Å². The number of nitrogens with zero attached hydrogens (tertiary/aromatic N) is 4. The molecule has 0 aliphatic heterocycles. The monoisotopic (exact) mass is 358 g/mol. The smallest absolute Gasteiger partial charge is 0.352 e. The number of rotatable bonds is 7. The van der Waals surface area contributed by atoms with Crippen molar-refractivity contribution in [3.8, 4) is 17.1 Å². The molecular formula is C17H18N4O3S. The van der Waals surface area contributed by atoms with Crippen LogP contribution in [-0.4, -0.2) is 39.9 Å². The van der Waals surface area contributed by atoms with E-state index in [0.717, 1.165) is 10.4 Å². The number of benzene rings is 1. The molecule has 1 aromatic carbocycles. The van der Waals surface area contributed by atoms with Crippen LogP contribution in [0.1, 0.15) is 21.0 Å². The molecule has 2 aromatic heterocycles. The first-order valence-corrected chi connectivity index (χ1v) is 8.64. The first kappa shape index (κ1) is 17.1. The van der Waals surface area contributed by atoms with Crippen LogP contribution in [0, 0.1) is 6.92 Å². The number of aryl methyl sites for hydroxylation is 2. The van der Waals surface area contributed by atoms with Gasteiger partial charge in [-0.1, -0.05) is 30.3 Å². The number of aromatic nitrogens is 4. The highest BCUT2D eigenvalue weighted by atomic mass is 32.1. The summed E-state index contributed by atoms with van der Waals surface area (Å²) in [6.07, 6.45) is 0.600. The van der Waals surface area contributed by atoms with Crippen molar-refractivity contribution in [1.29, 1.82) is 0 Å². The Morgan fingerprint density at radius 2 is 2.08 bits per heavy atom. The highest BCUT2D eigenvalue weighted by molar-refractivity contribution is 7.14. The number of carbonyl (C=O) groups is 1. The van der Waals surface area contributed by atoms with Gasteiger partial charge in [0.1, 0.15) is 5.75 Å². The molecule has 0 atom stereocenters. The average Bonchev–Trinajstić information content (AvgIpc) is 3.25. The second kappa shape index (κ2) is 7.89. The third-order valence-corrected chi connectivity index (χ3v) is 4.46. The molecular weight excluding hydrogens is 340 g/mol. The zero-order chi connectivity index (χ0) is 17.6. The normalized spacial score (nSPS) is 10.6. The van der Waals surface area contributed by atoms with Gasteiger partial charge in [-0.2, -0.15) is 4.80 Å². The van der Waals surface area contributed by atoms with Crippen molar-refractivity contribution >= 4 is 17.3 Å². The second-order valence-corrected chi connectivity index (χ2v) is 6.58. The number of methoxy groups -OCH3 is 1. The Kier molecular flexibility index (Phi) is 5.39. The molecule has 0 aliphatic rings. The van der Waals surface area contributed by atoms with E-state index < -0.39 is 0 Å². The van der Waals surface area contributed by atoms with Gasteiger partial charge in [0.25, 0.3) is 0 Å². The summed E-state index contributed by atoms with van der Waals surface area (Å²) >= 11 is 1.36. The van der Waals surface area contributed by atoms with Crippen LogP contribution in [0.2, 0.25) is 0 Å². The van der Waals surface area contributed by atoms with Crippen LogP contribution in [0.25, 0.3) is 11.4 Å². The summed E-state index contributed by atoms with van der Waals surface area (Å²) in [5.74, 6) is 0.765. The van der Waals surface area contributed by atoms with E-state index in [1.165, 1.54) is 16.1 Å². The number of hydrogen-bond acceptors (Lipinski definition) is 7. The van der Waals surface area contributed by atoms with E-state index in [1.807, 2.05) is 43.3 Å². The zero-order valence-electron chi connectivity index (χ0n) is 14.0. The van der Waals surface area contributed by atoms with E-state index >= 15 is 0 Å². The van der Waals surface area contributed by atoms with Gasteiger partial charge in [-0.15, -0.1) is 21.5 Å². The Morgan fingerprint density at radius 3 is 2.84 bits per heavy atom. The van der Waals surface area contributed by atoms with Crippen LogP contribution in [0.15, 0.2) is 36.4 Å². The molecule has 0 N–H and O–H groups in total. The Bertz CT molecular complexity index is 845. The van der Waals surface area contributed by atoms with Gasteiger partial charge in [0.05, 0.1) is 20.3 Å². The summed E-state index contributed by atoms with van der Waals surface area (Å²) in [6.45, 7) is 2.72. The minimum Gasteiger partial charge on any atom is -0.495 e. The molecule has 0 aliphatic carbocycles.